The maximum atomic E-state index is 12.6. The minimum absolute atomic E-state index is 0.0147. The maximum absolute atomic E-state index is 12.6. The number of sulfonamides is 1. The molecule has 0 saturated carbocycles. The van der Waals surface area contributed by atoms with Gasteiger partial charge in [-0.05, 0) is 48.5 Å². The number of nitrogens with one attached hydrogen (secondary N) is 1. The fourth-order valence-electron chi connectivity index (χ4n) is 2.31. The average molecular weight is 451 g/mol. The zero-order valence-corrected chi connectivity index (χ0v) is 16.9. The lowest BCUT2D eigenvalue weighted by molar-refractivity contribution is 0.368. The van der Waals surface area contributed by atoms with Gasteiger partial charge in [-0.3, -0.25) is 9.52 Å². The molecule has 1 aromatic heterocycles. The minimum Gasteiger partial charge on any atom is -0.479 e. The van der Waals surface area contributed by atoms with Gasteiger partial charge in [0.1, 0.15) is 16.8 Å². The summed E-state index contributed by atoms with van der Waals surface area (Å²) in [7, 11) is -3.87. The van der Waals surface area contributed by atoms with Gasteiger partial charge in [0, 0.05) is 5.69 Å². The van der Waals surface area contributed by atoms with Gasteiger partial charge >= 0.3 is 0 Å². The second kappa shape index (κ2) is 8.53. The van der Waals surface area contributed by atoms with E-state index >= 15 is 0 Å². The van der Waals surface area contributed by atoms with Crippen molar-refractivity contribution in [2.24, 2.45) is 0 Å². The van der Waals surface area contributed by atoms with Gasteiger partial charge in [-0.1, -0.05) is 23.2 Å². The summed E-state index contributed by atoms with van der Waals surface area (Å²) in [5.74, 6) is 0.443. The number of hydrogen-bond acceptors (Lipinski definition) is 6. The second-order valence-corrected chi connectivity index (χ2v) is 8.06. The highest BCUT2D eigenvalue weighted by Gasteiger charge is 2.15. The largest absolute Gasteiger partial charge is 0.479 e. The molecule has 1 heterocycles. The van der Waals surface area contributed by atoms with Crippen molar-refractivity contribution in [1.82, 2.24) is 9.78 Å². The molecule has 0 bridgehead atoms. The van der Waals surface area contributed by atoms with Gasteiger partial charge in [0.05, 0.1) is 21.8 Å². The molecule has 2 aromatic carbocycles. The molecule has 0 saturated heterocycles. The fourth-order valence-corrected chi connectivity index (χ4v) is 3.62. The molecule has 0 radical (unpaired) electrons. The monoisotopic (exact) mass is 450 g/mol. The topological polar surface area (TPSA) is 114 Å². The molecule has 11 heteroatoms. The normalized spacial score (nSPS) is 10.9. The van der Waals surface area contributed by atoms with Gasteiger partial charge < -0.3 is 4.74 Å². The van der Waals surface area contributed by atoms with Crippen LogP contribution in [0.3, 0.4) is 0 Å². The van der Waals surface area contributed by atoms with Crippen molar-refractivity contribution in [1.29, 1.82) is 5.26 Å². The van der Waals surface area contributed by atoms with Gasteiger partial charge in [-0.25, -0.2) is 8.42 Å². The molecule has 0 spiro atoms. The van der Waals surface area contributed by atoms with Crippen molar-refractivity contribution in [3.8, 4) is 17.5 Å². The van der Waals surface area contributed by atoms with Crippen molar-refractivity contribution in [2.45, 2.75) is 4.90 Å². The molecule has 148 valence electrons. The third-order valence-corrected chi connectivity index (χ3v) is 5.82. The molecule has 0 aliphatic rings. The highest BCUT2D eigenvalue weighted by Crippen LogP contribution is 2.21. The fraction of sp³-hybridized carbons (Fsp3) is 0.0556. The Morgan fingerprint density at radius 2 is 1.76 bits per heavy atom. The number of rotatable bonds is 6. The zero-order valence-electron chi connectivity index (χ0n) is 14.5. The summed E-state index contributed by atoms with van der Waals surface area (Å²) in [5.41, 5.74) is 0.0267. The third-order valence-electron chi connectivity index (χ3n) is 3.68. The molecule has 8 nitrogen and oxygen atoms in total. The Bertz CT molecular complexity index is 1230. The van der Waals surface area contributed by atoms with E-state index in [2.05, 4.69) is 9.82 Å². The first-order valence-electron chi connectivity index (χ1n) is 7.98. The Morgan fingerprint density at radius 3 is 2.38 bits per heavy atom. The summed E-state index contributed by atoms with van der Waals surface area (Å²) in [4.78, 5) is 12.1. The van der Waals surface area contributed by atoms with E-state index in [-0.39, 0.29) is 21.5 Å². The smallest absolute Gasteiger partial charge is 0.291 e. The van der Waals surface area contributed by atoms with Crippen LogP contribution >= 0.6 is 23.2 Å². The van der Waals surface area contributed by atoms with Crippen LogP contribution < -0.4 is 15.0 Å². The van der Waals surface area contributed by atoms with E-state index in [0.29, 0.717) is 17.1 Å². The van der Waals surface area contributed by atoms with Gasteiger partial charge in [0.15, 0.2) is 6.61 Å². The van der Waals surface area contributed by atoms with Crippen molar-refractivity contribution >= 4 is 38.9 Å². The molecule has 0 atom stereocenters. The number of ether oxygens (including phenoxy) is 1. The Labute approximate surface area is 175 Å². The van der Waals surface area contributed by atoms with Gasteiger partial charge in [-0.2, -0.15) is 15.0 Å². The lowest BCUT2D eigenvalue weighted by Crippen LogP contribution is -2.21. The Morgan fingerprint density at radius 1 is 1.10 bits per heavy atom. The summed E-state index contributed by atoms with van der Waals surface area (Å²) in [6, 6.07) is 13.5. The summed E-state index contributed by atoms with van der Waals surface area (Å²) in [6.45, 7) is -0.103. The molecule has 3 rings (SSSR count). The highest BCUT2D eigenvalue weighted by atomic mass is 35.5. The number of nitrogens with zero attached hydrogens (tertiary/aromatic N) is 3. The van der Waals surface area contributed by atoms with E-state index in [9.17, 15) is 13.2 Å². The van der Waals surface area contributed by atoms with E-state index < -0.39 is 15.6 Å². The van der Waals surface area contributed by atoms with Crippen LogP contribution in [0, 0.1) is 11.3 Å². The molecule has 0 unspecified atom stereocenters. The van der Waals surface area contributed by atoms with Crippen LogP contribution in [0.15, 0.2) is 64.4 Å². The standard InChI is InChI=1S/C18H12Cl2N4O4S/c19-16-11-22-24(18(25)17(16)20)13-3-7-15(8-4-13)29(26,27)23-12-1-5-14(6-2-12)28-10-9-21/h1-8,11,23H,10H2. The Balaban J connectivity index is 1.81. The van der Waals surface area contributed by atoms with Gasteiger partial charge in [0.2, 0.25) is 0 Å². The lowest BCUT2D eigenvalue weighted by atomic mass is 10.3. The molecular formula is C18H12Cl2N4O4S. The van der Waals surface area contributed by atoms with Crippen LogP contribution in [-0.4, -0.2) is 24.8 Å². The molecule has 0 aliphatic heterocycles. The number of halogens is 2. The molecule has 29 heavy (non-hydrogen) atoms. The molecular weight excluding hydrogens is 439 g/mol. The second-order valence-electron chi connectivity index (χ2n) is 5.59. The number of anilines is 1. The molecule has 0 amide bonds. The zero-order chi connectivity index (χ0) is 21.0. The van der Waals surface area contributed by atoms with Gasteiger partial charge in [0.25, 0.3) is 15.6 Å². The van der Waals surface area contributed by atoms with E-state index in [1.807, 2.05) is 6.07 Å². The van der Waals surface area contributed by atoms with Crippen molar-refractivity contribution in [2.75, 3.05) is 11.3 Å². The predicted molar refractivity (Wildman–Crippen MR) is 108 cm³/mol. The quantitative estimate of drug-likeness (QED) is 0.616. The number of benzene rings is 2. The number of aromatic nitrogens is 2. The summed E-state index contributed by atoms with van der Waals surface area (Å²) in [6.07, 6.45) is 1.22. The predicted octanol–water partition coefficient (Wildman–Crippen LogP) is 3.24. The number of hydrogen-bond donors (Lipinski definition) is 1. The number of nitriles is 1. The first-order valence-corrected chi connectivity index (χ1v) is 10.2. The van der Waals surface area contributed by atoms with Crippen molar-refractivity contribution < 1.29 is 13.2 Å². The highest BCUT2D eigenvalue weighted by molar-refractivity contribution is 7.92. The summed E-state index contributed by atoms with van der Waals surface area (Å²) < 4.78 is 33.7. The van der Waals surface area contributed by atoms with E-state index in [0.717, 1.165) is 4.68 Å². The maximum Gasteiger partial charge on any atom is 0.291 e. The molecule has 0 fully saturated rings. The van der Waals surface area contributed by atoms with Crippen LogP contribution in [-0.2, 0) is 10.0 Å². The first kappa shape index (κ1) is 20.7. The van der Waals surface area contributed by atoms with Crippen LogP contribution in [0.5, 0.6) is 5.75 Å². The van der Waals surface area contributed by atoms with E-state index in [1.54, 1.807) is 12.1 Å². The van der Waals surface area contributed by atoms with Crippen LogP contribution in [0.4, 0.5) is 5.69 Å². The average Bonchev–Trinajstić information content (AvgIpc) is 2.71. The van der Waals surface area contributed by atoms with Gasteiger partial charge in [-0.15, -0.1) is 0 Å². The minimum atomic E-state index is -3.87. The van der Waals surface area contributed by atoms with Crippen LogP contribution in [0.25, 0.3) is 5.69 Å². The third kappa shape index (κ3) is 4.68. The van der Waals surface area contributed by atoms with Crippen molar-refractivity contribution in [3.05, 3.63) is 75.1 Å². The van der Waals surface area contributed by atoms with Crippen LogP contribution in [0.2, 0.25) is 10.0 Å². The molecule has 1 N–H and O–H groups in total. The van der Waals surface area contributed by atoms with Crippen LogP contribution in [0.1, 0.15) is 0 Å². The Kier molecular flexibility index (Phi) is 6.08. The first-order chi connectivity index (χ1) is 13.8. The molecule has 0 aliphatic carbocycles. The van der Waals surface area contributed by atoms with E-state index in [1.165, 1.54) is 42.6 Å². The Hall–Kier alpha value is -3.06. The van der Waals surface area contributed by atoms with E-state index in [4.69, 9.17) is 33.2 Å². The SMILES string of the molecule is N#CCOc1ccc(NS(=O)(=O)c2ccc(-n3ncc(Cl)c(Cl)c3=O)cc2)cc1. The molecule has 3 aromatic rings. The van der Waals surface area contributed by atoms with Crippen molar-refractivity contribution in [3.63, 3.8) is 0 Å². The summed E-state index contributed by atoms with van der Waals surface area (Å²) >= 11 is 11.6. The summed E-state index contributed by atoms with van der Waals surface area (Å²) in [5, 5.41) is 12.2. The lowest BCUT2D eigenvalue weighted by Gasteiger charge is -2.10.